The Balaban J connectivity index is 3.45. The van der Waals surface area contributed by atoms with Crippen molar-refractivity contribution in [3.05, 3.63) is 11.0 Å². The van der Waals surface area contributed by atoms with Crippen molar-refractivity contribution in [2.24, 2.45) is 0 Å². The van der Waals surface area contributed by atoms with Crippen LogP contribution in [0.25, 0.3) is 0 Å². The fraction of sp³-hybridized carbons (Fsp3) is 0.571. The molecule has 0 unspecified atom stereocenters. The van der Waals surface area contributed by atoms with E-state index < -0.39 is 0 Å². The van der Waals surface area contributed by atoms with Crippen LogP contribution in [0, 0.1) is 0 Å². The number of thioether (sulfide) groups is 1. The topological polar surface area (TPSA) is 17.1 Å². The highest BCUT2D eigenvalue weighted by molar-refractivity contribution is 8.03. The van der Waals surface area contributed by atoms with Gasteiger partial charge >= 0.3 is 0 Å². The van der Waals surface area contributed by atoms with Gasteiger partial charge in [-0.3, -0.25) is 4.79 Å². The Morgan fingerprint density at radius 1 is 1.67 bits per heavy atom. The molecule has 0 spiro atoms. The number of rotatable bonds is 4. The predicted molar refractivity (Wildman–Crippen MR) is 42.6 cm³/mol. The fourth-order valence-electron chi connectivity index (χ4n) is 0.405. The molecule has 0 aliphatic carbocycles. The molecule has 0 bridgehead atoms. The van der Waals surface area contributed by atoms with Crippen LogP contribution in [0.4, 0.5) is 0 Å². The normalized spacial score (nSPS) is 11.6. The molecule has 0 amide bonds. The molecular formula is C7H12OS. The van der Waals surface area contributed by atoms with Crippen LogP contribution in [-0.2, 0) is 4.79 Å². The smallest absolute Gasteiger partial charge is 0.156 e. The average Bonchev–Trinajstić information content (AvgIpc) is 1.91. The van der Waals surface area contributed by atoms with Gasteiger partial charge in [0, 0.05) is 4.91 Å². The van der Waals surface area contributed by atoms with Crippen molar-refractivity contribution in [3.63, 3.8) is 0 Å². The van der Waals surface area contributed by atoms with E-state index in [9.17, 15) is 4.79 Å². The molecule has 0 atom stereocenters. The van der Waals surface area contributed by atoms with E-state index >= 15 is 0 Å². The van der Waals surface area contributed by atoms with Gasteiger partial charge in [0.1, 0.15) is 0 Å². The molecule has 0 aromatic heterocycles. The van der Waals surface area contributed by atoms with Gasteiger partial charge in [-0.2, -0.15) is 0 Å². The standard InChI is InChI=1S/C7H12OS/c1-3-5-9-7(4-2)6-8/h4,6H,3,5H2,1-2H3/b7-4-. The molecule has 0 saturated carbocycles. The molecule has 0 saturated heterocycles. The summed E-state index contributed by atoms with van der Waals surface area (Å²) in [5.74, 6) is 1.04. The van der Waals surface area contributed by atoms with Gasteiger partial charge in [-0.05, 0) is 19.1 Å². The van der Waals surface area contributed by atoms with Crippen LogP contribution in [-0.4, -0.2) is 12.0 Å². The highest BCUT2D eigenvalue weighted by Gasteiger charge is 1.90. The summed E-state index contributed by atoms with van der Waals surface area (Å²) in [7, 11) is 0. The third kappa shape index (κ3) is 4.28. The maximum Gasteiger partial charge on any atom is 0.156 e. The first-order valence-electron chi connectivity index (χ1n) is 3.09. The molecule has 0 N–H and O–H groups in total. The van der Waals surface area contributed by atoms with E-state index in [0.29, 0.717) is 0 Å². The quantitative estimate of drug-likeness (QED) is 0.444. The van der Waals surface area contributed by atoms with Gasteiger partial charge in [0.15, 0.2) is 6.29 Å². The molecular weight excluding hydrogens is 132 g/mol. The summed E-state index contributed by atoms with van der Waals surface area (Å²) in [5, 5.41) is 0. The zero-order chi connectivity index (χ0) is 7.11. The molecule has 52 valence electrons. The molecule has 2 heteroatoms. The minimum atomic E-state index is 0.844. The van der Waals surface area contributed by atoms with Gasteiger partial charge in [0.25, 0.3) is 0 Å². The maximum absolute atomic E-state index is 10.2. The Hall–Kier alpha value is -0.240. The predicted octanol–water partition coefficient (Wildman–Crippen LogP) is 2.23. The summed E-state index contributed by atoms with van der Waals surface area (Å²) in [5.41, 5.74) is 0. The van der Waals surface area contributed by atoms with Gasteiger partial charge in [-0.15, -0.1) is 11.8 Å². The summed E-state index contributed by atoms with van der Waals surface area (Å²) >= 11 is 1.61. The number of carbonyl (C=O) groups excluding carboxylic acids is 1. The molecule has 1 nitrogen and oxygen atoms in total. The van der Waals surface area contributed by atoms with Crippen LogP contribution in [0.3, 0.4) is 0 Å². The van der Waals surface area contributed by atoms with E-state index in [4.69, 9.17) is 0 Å². The third-order valence-electron chi connectivity index (χ3n) is 0.874. The Morgan fingerprint density at radius 2 is 2.33 bits per heavy atom. The zero-order valence-corrected chi connectivity index (χ0v) is 6.70. The van der Waals surface area contributed by atoms with Gasteiger partial charge in [-0.25, -0.2) is 0 Å². The van der Waals surface area contributed by atoms with Crippen molar-refractivity contribution in [2.45, 2.75) is 20.3 Å². The lowest BCUT2D eigenvalue weighted by Crippen LogP contribution is -1.79. The van der Waals surface area contributed by atoms with Gasteiger partial charge < -0.3 is 0 Å². The van der Waals surface area contributed by atoms with Gasteiger partial charge in [0.2, 0.25) is 0 Å². The first-order chi connectivity index (χ1) is 4.35. The van der Waals surface area contributed by atoms with Crippen molar-refractivity contribution < 1.29 is 4.79 Å². The average molecular weight is 144 g/mol. The molecule has 9 heavy (non-hydrogen) atoms. The number of carbonyl (C=O) groups is 1. The van der Waals surface area contributed by atoms with E-state index in [1.54, 1.807) is 11.8 Å². The minimum absolute atomic E-state index is 0.844. The Bertz CT molecular complexity index is 107. The molecule has 0 aromatic carbocycles. The Morgan fingerprint density at radius 3 is 2.67 bits per heavy atom. The molecule has 0 radical (unpaired) electrons. The van der Waals surface area contributed by atoms with Crippen LogP contribution in [0.1, 0.15) is 20.3 Å². The fourth-order valence-corrected chi connectivity index (χ4v) is 1.08. The molecule has 0 aliphatic rings. The van der Waals surface area contributed by atoms with E-state index in [1.165, 1.54) is 0 Å². The first-order valence-corrected chi connectivity index (χ1v) is 4.08. The first kappa shape index (κ1) is 8.76. The third-order valence-corrected chi connectivity index (χ3v) is 2.15. The summed E-state index contributed by atoms with van der Waals surface area (Å²) < 4.78 is 0. The van der Waals surface area contributed by atoms with Crippen molar-refractivity contribution >= 4 is 18.0 Å². The Kier molecular flexibility index (Phi) is 5.73. The van der Waals surface area contributed by atoms with Crippen LogP contribution >= 0.6 is 11.8 Å². The summed E-state index contributed by atoms with van der Waals surface area (Å²) in [4.78, 5) is 11.0. The van der Waals surface area contributed by atoms with Crippen molar-refractivity contribution in [1.29, 1.82) is 0 Å². The van der Waals surface area contributed by atoms with Gasteiger partial charge in [0.05, 0.1) is 0 Å². The number of allylic oxidation sites excluding steroid dienone is 2. The lowest BCUT2D eigenvalue weighted by Gasteiger charge is -1.93. The summed E-state index contributed by atoms with van der Waals surface area (Å²) in [6, 6.07) is 0. The van der Waals surface area contributed by atoms with E-state index in [-0.39, 0.29) is 0 Å². The van der Waals surface area contributed by atoms with Crippen molar-refractivity contribution in [3.8, 4) is 0 Å². The second kappa shape index (κ2) is 5.89. The van der Waals surface area contributed by atoms with Crippen LogP contribution < -0.4 is 0 Å². The van der Waals surface area contributed by atoms with Crippen molar-refractivity contribution in [1.82, 2.24) is 0 Å². The second-order valence-corrected chi connectivity index (χ2v) is 2.83. The number of hydrogen-bond acceptors (Lipinski definition) is 2. The highest BCUT2D eigenvalue weighted by Crippen LogP contribution is 2.12. The van der Waals surface area contributed by atoms with Crippen LogP contribution in [0.15, 0.2) is 11.0 Å². The van der Waals surface area contributed by atoms with Gasteiger partial charge in [-0.1, -0.05) is 13.0 Å². The molecule has 0 aromatic rings. The van der Waals surface area contributed by atoms with E-state index in [0.717, 1.165) is 23.4 Å². The maximum atomic E-state index is 10.2. The number of hydrogen-bond donors (Lipinski definition) is 0. The monoisotopic (exact) mass is 144 g/mol. The highest BCUT2D eigenvalue weighted by atomic mass is 32.2. The molecule has 0 fully saturated rings. The van der Waals surface area contributed by atoms with Crippen LogP contribution in [0.5, 0.6) is 0 Å². The van der Waals surface area contributed by atoms with E-state index in [2.05, 4.69) is 6.92 Å². The molecule has 0 rings (SSSR count). The number of aldehydes is 1. The SMILES string of the molecule is C/C=C(/C=O)SCCC. The van der Waals surface area contributed by atoms with Crippen molar-refractivity contribution in [2.75, 3.05) is 5.75 Å². The molecule has 0 heterocycles. The summed E-state index contributed by atoms with van der Waals surface area (Å²) in [6.07, 6.45) is 3.86. The minimum Gasteiger partial charge on any atom is -0.297 e. The van der Waals surface area contributed by atoms with Crippen LogP contribution in [0.2, 0.25) is 0 Å². The largest absolute Gasteiger partial charge is 0.297 e. The lowest BCUT2D eigenvalue weighted by molar-refractivity contribution is -0.104. The second-order valence-electron chi connectivity index (χ2n) is 1.66. The lowest BCUT2D eigenvalue weighted by atomic mass is 10.6. The summed E-state index contributed by atoms with van der Waals surface area (Å²) in [6.45, 7) is 3.98. The zero-order valence-electron chi connectivity index (χ0n) is 5.89. The molecule has 0 aliphatic heterocycles. The Labute approximate surface area is 60.5 Å². The van der Waals surface area contributed by atoms with E-state index in [1.807, 2.05) is 13.0 Å².